The Labute approximate surface area is 175 Å². The van der Waals surface area contributed by atoms with Gasteiger partial charge in [0, 0.05) is 42.8 Å². The molecule has 0 aliphatic carbocycles. The Bertz CT molecular complexity index is 806. The average Bonchev–Trinajstić information content (AvgIpc) is 2.75. The molecular weight excluding hydrogens is 368 g/mol. The molecule has 1 aromatic carbocycles. The van der Waals surface area contributed by atoms with Gasteiger partial charge in [-0.2, -0.15) is 0 Å². The smallest absolute Gasteiger partial charge is 0.161 e. The number of piperazine rings is 1. The van der Waals surface area contributed by atoms with E-state index in [0.29, 0.717) is 11.0 Å². The van der Waals surface area contributed by atoms with Crippen molar-refractivity contribution in [2.24, 2.45) is 0 Å². The summed E-state index contributed by atoms with van der Waals surface area (Å²) in [6.45, 7) is 19.7. The molecule has 152 valence electrons. The molecule has 1 aromatic heterocycles. The van der Waals surface area contributed by atoms with Gasteiger partial charge in [0.2, 0.25) is 0 Å². The zero-order valence-electron chi connectivity index (χ0n) is 17.9. The molecule has 1 aliphatic rings. The van der Waals surface area contributed by atoms with Crippen LogP contribution in [0, 0.1) is 0 Å². The Balaban J connectivity index is 0.000000921. The minimum absolute atomic E-state index is 0.461. The lowest BCUT2D eigenvalue weighted by Crippen LogP contribution is -2.44. The first-order valence-corrected chi connectivity index (χ1v) is 10.4. The maximum Gasteiger partial charge on any atom is 0.161 e. The monoisotopic (exact) mass is 400 g/mol. The lowest BCUT2D eigenvalue weighted by atomic mass is 10.1. The fraction of sp³-hybridized carbons (Fsp3) is 0.391. The van der Waals surface area contributed by atoms with E-state index < -0.39 is 0 Å². The first kappa shape index (κ1) is 23.9. The van der Waals surface area contributed by atoms with Crippen molar-refractivity contribution in [1.82, 2.24) is 14.9 Å². The van der Waals surface area contributed by atoms with Crippen molar-refractivity contribution in [2.45, 2.75) is 27.7 Å². The molecule has 0 saturated carbocycles. The maximum atomic E-state index is 6.43. The number of fused-ring (bicyclic) bond motifs is 1. The summed E-state index contributed by atoms with van der Waals surface area (Å²) in [5.74, 6) is 0.565. The minimum Gasteiger partial charge on any atom is -0.369 e. The quantitative estimate of drug-likeness (QED) is 0.476. The Kier molecular flexibility index (Phi) is 10.5. The van der Waals surface area contributed by atoms with Crippen molar-refractivity contribution in [1.29, 1.82) is 0 Å². The molecule has 3 rings (SSSR count). The van der Waals surface area contributed by atoms with Gasteiger partial charge in [-0.1, -0.05) is 70.7 Å². The number of halogens is 1. The number of allylic oxidation sites excluding steroid dienone is 4. The lowest BCUT2D eigenvalue weighted by Gasteiger charge is -2.34. The zero-order valence-corrected chi connectivity index (χ0v) is 18.6. The van der Waals surface area contributed by atoms with Gasteiger partial charge in [0.1, 0.15) is 5.15 Å². The van der Waals surface area contributed by atoms with Crippen LogP contribution in [0.5, 0.6) is 0 Å². The predicted octanol–water partition coefficient (Wildman–Crippen LogP) is 5.84. The normalized spacial score (nSPS) is 14.5. The van der Waals surface area contributed by atoms with Crippen LogP contribution in [0.2, 0.25) is 5.15 Å². The molecule has 0 N–H and O–H groups in total. The van der Waals surface area contributed by atoms with Gasteiger partial charge in [-0.25, -0.2) is 9.97 Å². The van der Waals surface area contributed by atoms with Crippen LogP contribution < -0.4 is 4.90 Å². The molecule has 0 spiro atoms. The first-order chi connectivity index (χ1) is 13.6. The number of rotatable bonds is 4. The molecule has 5 heteroatoms. The Hall–Kier alpha value is -2.17. The van der Waals surface area contributed by atoms with Crippen LogP contribution in [-0.4, -0.2) is 48.1 Å². The molecule has 0 radical (unpaired) electrons. The fourth-order valence-corrected chi connectivity index (χ4v) is 3.06. The van der Waals surface area contributed by atoms with Gasteiger partial charge >= 0.3 is 0 Å². The molecule has 1 aliphatic heterocycles. The summed E-state index contributed by atoms with van der Waals surface area (Å²) in [6, 6.07) is 6.19. The Morgan fingerprint density at radius 1 is 1.04 bits per heavy atom. The lowest BCUT2D eigenvalue weighted by molar-refractivity contribution is 0.313. The second-order valence-corrected chi connectivity index (χ2v) is 6.25. The van der Waals surface area contributed by atoms with Gasteiger partial charge in [0.15, 0.2) is 5.82 Å². The van der Waals surface area contributed by atoms with Gasteiger partial charge in [-0.15, -0.1) is 0 Å². The maximum absolute atomic E-state index is 6.43. The van der Waals surface area contributed by atoms with E-state index in [1.54, 1.807) is 12.2 Å². The van der Waals surface area contributed by atoms with Crippen molar-refractivity contribution in [3.05, 3.63) is 60.6 Å². The Morgan fingerprint density at radius 2 is 1.68 bits per heavy atom. The molecule has 0 atom stereocenters. The van der Waals surface area contributed by atoms with Crippen LogP contribution in [0.4, 0.5) is 5.69 Å². The van der Waals surface area contributed by atoms with Crippen LogP contribution in [-0.2, 0) is 0 Å². The van der Waals surface area contributed by atoms with Crippen LogP contribution in [0.15, 0.2) is 49.6 Å². The summed E-state index contributed by atoms with van der Waals surface area (Å²) in [5.41, 5.74) is 2.80. The molecule has 2 aromatic rings. The number of anilines is 1. The van der Waals surface area contributed by atoms with Gasteiger partial charge in [0.25, 0.3) is 0 Å². The van der Waals surface area contributed by atoms with Crippen LogP contribution in [0.3, 0.4) is 0 Å². The van der Waals surface area contributed by atoms with E-state index in [0.717, 1.165) is 42.7 Å². The first-order valence-electron chi connectivity index (χ1n) is 9.98. The number of aromatic nitrogens is 2. The molecule has 2 heterocycles. The highest BCUT2D eigenvalue weighted by Gasteiger charge is 2.16. The number of nitrogens with zero attached hydrogens (tertiary/aromatic N) is 4. The van der Waals surface area contributed by atoms with Crippen molar-refractivity contribution >= 4 is 33.8 Å². The molecule has 0 unspecified atom stereocenters. The molecule has 0 amide bonds. The average molecular weight is 401 g/mol. The van der Waals surface area contributed by atoms with Crippen LogP contribution >= 0.6 is 11.6 Å². The van der Waals surface area contributed by atoms with Crippen molar-refractivity contribution < 1.29 is 0 Å². The van der Waals surface area contributed by atoms with E-state index in [1.807, 2.05) is 39.8 Å². The highest BCUT2D eigenvalue weighted by atomic mass is 35.5. The summed E-state index contributed by atoms with van der Waals surface area (Å²) in [5, 5.41) is 1.33. The predicted molar refractivity (Wildman–Crippen MR) is 125 cm³/mol. The third kappa shape index (κ3) is 5.91. The number of benzene rings is 1. The summed E-state index contributed by atoms with van der Waals surface area (Å²) in [6.07, 6.45) is 5.22. The van der Waals surface area contributed by atoms with Gasteiger partial charge in [0.05, 0.1) is 5.52 Å². The summed E-state index contributed by atoms with van der Waals surface area (Å²) >= 11 is 6.43. The summed E-state index contributed by atoms with van der Waals surface area (Å²) < 4.78 is 0. The number of hydrogen-bond donors (Lipinski definition) is 0. The fourth-order valence-electron chi connectivity index (χ4n) is 2.83. The Morgan fingerprint density at radius 3 is 2.25 bits per heavy atom. The largest absolute Gasteiger partial charge is 0.369 e. The van der Waals surface area contributed by atoms with Crippen LogP contribution in [0.25, 0.3) is 16.5 Å². The molecule has 0 bridgehead atoms. The molecule has 1 fully saturated rings. The van der Waals surface area contributed by atoms with Crippen molar-refractivity contribution in [3.8, 4) is 0 Å². The van der Waals surface area contributed by atoms with E-state index in [2.05, 4.69) is 52.1 Å². The highest BCUT2D eigenvalue weighted by Crippen LogP contribution is 2.28. The molecule has 1 saturated heterocycles. The summed E-state index contributed by atoms with van der Waals surface area (Å²) in [4.78, 5) is 13.8. The van der Waals surface area contributed by atoms with E-state index >= 15 is 0 Å². The molecular formula is C23H33ClN4. The summed E-state index contributed by atoms with van der Waals surface area (Å²) in [7, 11) is 2.15. The van der Waals surface area contributed by atoms with Gasteiger partial charge in [-0.3, -0.25) is 0 Å². The van der Waals surface area contributed by atoms with Crippen molar-refractivity contribution in [3.63, 3.8) is 0 Å². The van der Waals surface area contributed by atoms with Crippen LogP contribution in [0.1, 0.15) is 33.5 Å². The van der Waals surface area contributed by atoms with E-state index in [1.165, 1.54) is 5.69 Å². The van der Waals surface area contributed by atoms with Gasteiger partial charge < -0.3 is 9.80 Å². The molecule has 28 heavy (non-hydrogen) atoms. The molecule has 4 nitrogen and oxygen atoms in total. The minimum atomic E-state index is 0.461. The third-order valence-corrected chi connectivity index (χ3v) is 4.56. The third-order valence-electron chi connectivity index (χ3n) is 4.28. The second-order valence-electron chi connectivity index (χ2n) is 5.89. The number of likely N-dealkylation sites (N-methyl/N-ethyl adjacent to an activating group) is 1. The number of hydrogen-bond acceptors (Lipinski definition) is 4. The highest BCUT2D eigenvalue weighted by molar-refractivity contribution is 6.34. The zero-order chi connectivity index (χ0) is 21.1. The standard InChI is InChI=1S/C19H21ClN4.2C2H6/c1-4-6-14(5-2)19-21-17-8-7-15(13-16(17)18(20)22-19)24-11-9-23(3)10-12-24;2*1-2/h4-8,13H,1-2,9-12H2,3H3;2*1-2H3/b14-6+;;. The van der Waals surface area contributed by atoms with E-state index in [-0.39, 0.29) is 0 Å². The topological polar surface area (TPSA) is 32.3 Å². The van der Waals surface area contributed by atoms with Crippen molar-refractivity contribution in [2.75, 3.05) is 38.1 Å². The van der Waals surface area contributed by atoms with E-state index in [4.69, 9.17) is 11.6 Å². The SMILES string of the molecule is C=C/C=C(\C=C)c1nc(Cl)c2cc(N3CCN(C)CC3)ccc2n1.CC.CC. The van der Waals surface area contributed by atoms with E-state index in [9.17, 15) is 0 Å². The van der Waals surface area contributed by atoms with Gasteiger partial charge in [-0.05, 0) is 25.2 Å². The second kappa shape index (κ2) is 12.3.